The maximum atomic E-state index is 12.6. The number of hydrogen-bond donors (Lipinski definition) is 1. The van der Waals surface area contributed by atoms with Crippen molar-refractivity contribution in [2.45, 2.75) is 25.3 Å². The van der Waals surface area contributed by atoms with E-state index in [9.17, 15) is 8.42 Å². The van der Waals surface area contributed by atoms with Gasteiger partial charge >= 0.3 is 0 Å². The topological polar surface area (TPSA) is 103 Å². The second-order valence-electron chi connectivity index (χ2n) is 6.69. The molecule has 146 valence electrons. The number of nitrogens with zero attached hydrogens (tertiary/aromatic N) is 4. The quantitative estimate of drug-likeness (QED) is 0.714. The Bertz CT molecular complexity index is 806. The number of ether oxygens (including phenoxy) is 1. The Kier molecular flexibility index (Phi) is 7.57. The molecule has 1 heterocycles. The molecule has 0 unspecified atom stereocenters. The van der Waals surface area contributed by atoms with Gasteiger partial charge in [-0.3, -0.25) is 4.68 Å². The molecule has 0 aliphatic heterocycles. The summed E-state index contributed by atoms with van der Waals surface area (Å²) in [5.74, 6) is 1.24. The van der Waals surface area contributed by atoms with E-state index in [-0.39, 0.29) is 29.3 Å². The molecule has 1 aromatic carbocycles. The van der Waals surface area contributed by atoms with Gasteiger partial charge in [-0.25, -0.2) is 17.7 Å². The lowest BCUT2D eigenvalue weighted by Crippen LogP contribution is -2.39. The number of benzene rings is 1. The van der Waals surface area contributed by atoms with E-state index in [1.54, 1.807) is 30.9 Å². The Morgan fingerprint density at radius 3 is 2.38 bits per heavy atom. The van der Waals surface area contributed by atoms with Crippen molar-refractivity contribution in [3.05, 3.63) is 36.4 Å². The van der Waals surface area contributed by atoms with E-state index in [0.717, 1.165) is 0 Å². The summed E-state index contributed by atoms with van der Waals surface area (Å²) in [4.78, 5) is 4.28. The summed E-state index contributed by atoms with van der Waals surface area (Å²) in [7, 11) is -0.230. The first kappa shape index (κ1) is 22.4. The average Bonchev–Trinajstić information content (AvgIpc) is 2.98. The first-order chi connectivity index (χ1) is 11.7. The van der Waals surface area contributed by atoms with Crippen LogP contribution in [0.1, 0.15) is 19.7 Å². The van der Waals surface area contributed by atoms with Gasteiger partial charge in [-0.1, -0.05) is 13.8 Å². The van der Waals surface area contributed by atoms with Crippen LogP contribution in [0.4, 0.5) is 0 Å². The largest absolute Gasteiger partial charge is 0.486 e. The van der Waals surface area contributed by atoms with Crippen LogP contribution < -0.4 is 10.5 Å². The molecular formula is C16H26ClN5O3S. The number of hydrogen-bond acceptors (Lipinski definition) is 6. The fraction of sp³-hybridized carbons (Fsp3) is 0.500. The molecule has 2 N–H and O–H groups in total. The van der Waals surface area contributed by atoms with Crippen LogP contribution in [-0.4, -0.2) is 47.6 Å². The van der Waals surface area contributed by atoms with Gasteiger partial charge in [0.05, 0.1) is 4.90 Å². The molecule has 0 amide bonds. The number of aryl methyl sites for hydroxylation is 1. The summed E-state index contributed by atoms with van der Waals surface area (Å²) >= 11 is 0. The first-order valence-electron chi connectivity index (χ1n) is 7.88. The third kappa shape index (κ3) is 5.41. The van der Waals surface area contributed by atoms with Gasteiger partial charge < -0.3 is 10.5 Å². The Balaban J connectivity index is 0.00000338. The van der Waals surface area contributed by atoms with Crippen LogP contribution >= 0.6 is 12.4 Å². The Hall–Kier alpha value is -1.68. The van der Waals surface area contributed by atoms with Gasteiger partial charge in [0.25, 0.3) is 0 Å². The van der Waals surface area contributed by atoms with E-state index in [2.05, 4.69) is 10.1 Å². The molecule has 0 fully saturated rings. The maximum Gasteiger partial charge on any atom is 0.242 e. The number of aromatic nitrogens is 3. The summed E-state index contributed by atoms with van der Waals surface area (Å²) in [6.45, 7) is 4.87. The number of halogens is 1. The Morgan fingerprint density at radius 1 is 1.27 bits per heavy atom. The lowest BCUT2D eigenvalue weighted by molar-refractivity contribution is 0.288. The van der Waals surface area contributed by atoms with Crippen LogP contribution in [-0.2, 0) is 23.7 Å². The maximum absolute atomic E-state index is 12.6. The summed E-state index contributed by atoms with van der Waals surface area (Å²) in [6.07, 6.45) is 1.45. The molecule has 0 saturated carbocycles. The van der Waals surface area contributed by atoms with Gasteiger partial charge in [-0.05, 0) is 36.2 Å². The molecule has 0 atom stereocenters. The van der Waals surface area contributed by atoms with Gasteiger partial charge in [0.1, 0.15) is 18.7 Å². The van der Waals surface area contributed by atoms with E-state index in [1.165, 1.54) is 22.8 Å². The predicted molar refractivity (Wildman–Crippen MR) is 102 cm³/mol. The fourth-order valence-electron chi connectivity index (χ4n) is 2.24. The Labute approximate surface area is 160 Å². The van der Waals surface area contributed by atoms with E-state index in [0.29, 0.717) is 24.7 Å². The van der Waals surface area contributed by atoms with Crippen molar-refractivity contribution in [2.24, 2.45) is 18.2 Å². The molecule has 26 heavy (non-hydrogen) atoms. The highest BCUT2D eigenvalue weighted by Crippen LogP contribution is 2.22. The van der Waals surface area contributed by atoms with Gasteiger partial charge in [-0.15, -0.1) is 12.4 Å². The summed E-state index contributed by atoms with van der Waals surface area (Å²) in [5.41, 5.74) is 5.40. The van der Waals surface area contributed by atoms with E-state index in [4.69, 9.17) is 10.5 Å². The zero-order valence-corrected chi connectivity index (χ0v) is 17.0. The molecule has 0 spiro atoms. The van der Waals surface area contributed by atoms with Crippen LogP contribution in [0.2, 0.25) is 0 Å². The van der Waals surface area contributed by atoms with E-state index in [1.807, 2.05) is 13.8 Å². The molecule has 0 aliphatic rings. The summed E-state index contributed by atoms with van der Waals surface area (Å²) in [6, 6.07) is 6.33. The predicted octanol–water partition coefficient (Wildman–Crippen LogP) is 1.42. The molecule has 8 nitrogen and oxygen atoms in total. The van der Waals surface area contributed by atoms with Crippen LogP contribution in [0.5, 0.6) is 5.75 Å². The van der Waals surface area contributed by atoms with E-state index < -0.39 is 10.0 Å². The molecule has 0 aliphatic carbocycles. The highest BCUT2D eigenvalue weighted by molar-refractivity contribution is 7.89. The molecule has 2 rings (SSSR count). The second-order valence-corrected chi connectivity index (χ2v) is 8.73. The van der Waals surface area contributed by atoms with Crippen molar-refractivity contribution >= 4 is 22.4 Å². The van der Waals surface area contributed by atoms with Crippen molar-refractivity contribution in [3.63, 3.8) is 0 Å². The fourth-order valence-corrected chi connectivity index (χ4v) is 3.60. The molecule has 0 bridgehead atoms. The zero-order chi connectivity index (χ0) is 18.7. The van der Waals surface area contributed by atoms with Gasteiger partial charge in [-0.2, -0.15) is 5.10 Å². The number of nitrogens with two attached hydrogens (primary N) is 1. The van der Waals surface area contributed by atoms with Gasteiger partial charge in [0.15, 0.2) is 5.82 Å². The average molecular weight is 404 g/mol. The van der Waals surface area contributed by atoms with Crippen molar-refractivity contribution in [1.82, 2.24) is 19.1 Å². The molecular weight excluding hydrogens is 378 g/mol. The highest BCUT2D eigenvalue weighted by Gasteiger charge is 2.27. The molecule has 0 saturated heterocycles. The normalized spacial score (nSPS) is 12.1. The molecule has 1 aromatic heterocycles. The van der Waals surface area contributed by atoms with Crippen molar-refractivity contribution < 1.29 is 13.2 Å². The SMILES string of the molecule is CN(CC(C)(C)CN)S(=O)(=O)c1ccc(OCc2ncnn2C)cc1.Cl. The Morgan fingerprint density at radius 2 is 1.88 bits per heavy atom. The molecule has 0 radical (unpaired) electrons. The van der Waals surface area contributed by atoms with Crippen molar-refractivity contribution in [2.75, 3.05) is 20.1 Å². The molecule has 2 aromatic rings. The summed E-state index contributed by atoms with van der Waals surface area (Å²) < 4.78 is 33.9. The first-order valence-corrected chi connectivity index (χ1v) is 9.32. The molecule has 10 heteroatoms. The van der Waals surface area contributed by atoms with Crippen LogP contribution in [0.25, 0.3) is 0 Å². The lowest BCUT2D eigenvalue weighted by atomic mass is 9.94. The third-order valence-electron chi connectivity index (χ3n) is 3.91. The minimum atomic E-state index is -3.57. The number of sulfonamides is 1. The third-order valence-corrected chi connectivity index (χ3v) is 5.73. The van der Waals surface area contributed by atoms with Gasteiger partial charge in [0, 0.05) is 20.6 Å². The van der Waals surface area contributed by atoms with E-state index >= 15 is 0 Å². The monoisotopic (exact) mass is 403 g/mol. The lowest BCUT2D eigenvalue weighted by Gasteiger charge is -2.28. The van der Waals surface area contributed by atoms with Crippen LogP contribution in [0.15, 0.2) is 35.5 Å². The standard InChI is InChI=1S/C16H25N5O3S.ClH/c1-16(2,10-17)11-20(3)25(22,23)14-7-5-13(6-8-14)24-9-15-18-12-19-21(15)4;/h5-8,12H,9-11,17H2,1-4H3;1H. The summed E-state index contributed by atoms with van der Waals surface area (Å²) in [5, 5.41) is 3.96. The van der Waals surface area contributed by atoms with Crippen molar-refractivity contribution in [3.8, 4) is 5.75 Å². The van der Waals surface area contributed by atoms with Crippen LogP contribution in [0.3, 0.4) is 0 Å². The highest BCUT2D eigenvalue weighted by atomic mass is 35.5. The second kappa shape index (κ2) is 8.81. The number of rotatable bonds is 8. The minimum absolute atomic E-state index is 0. The van der Waals surface area contributed by atoms with Crippen LogP contribution in [0, 0.1) is 5.41 Å². The van der Waals surface area contributed by atoms with Crippen molar-refractivity contribution in [1.29, 1.82) is 0 Å². The smallest absolute Gasteiger partial charge is 0.242 e. The van der Waals surface area contributed by atoms with Gasteiger partial charge in [0.2, 0.25) is 10.0 Å². The zero-order valence-electron chi connectivity index (χ0n) is 15.4. The minimum Gasteiger partial charge on any atom is -0.486 e.